The van der Waals surface area contributed by atoms with Gasteiger partial charge in [-0.1, -0.05) is 30.7 Å². The van der Waals surface area contributed by atoms with Crippen molar-refractivity contribution < 1.29 is 0 Å². The van der Waals surface area contributed by atoms with Crippen LogP contribution in [0.25, 0.3) is 0 Å². The van der Waals surface area contributed by atoms with E-state index in [9.17, 15) is 0 Å². The maximum atomic E-state index is 6.16. The fourth-order valence-corrected chi connectivity index (χ4v) is 1.85. The molecule has 0 spiro atoms. The monoisotopic (exact) mass is 249 g/mol. The molecule has 0 radical (unpaired) electrons. The Balaban J connectivity index is 2.85. The number of aryl methyl sites for hydroxylation is 1. The van der Waals surface area contributed by atoms with Crippen LogP contribution in [0, 0.1) is 18.8 Å². The van der Waals surface area contributed by atoms with Gasteiger partial charge in [0, 0.05) is 17.5 Å². The minimum Gasteiger partial charge on any atom is -0.309 e. The fraction of sp³-hybridized carbons (Fsp3) is 0.467. The molecule has 17 heavy (non-hydrogen) atoms. The van der Waals surface area contributed by atoms with Crippen LogP contribution in [0.2, 0.25) is 5.02 Å². The molecule has 1 unspecified atom stereocenters. The maximum absolute atomic E-state index is 6.16. The zero-order valence-corrected chi connectivity index (χ0v) is 11.6. The van der Waals surface area contributed by atoms with Gasteiger partial charge in [0.25, 0.3) is 0 Å². The summed E-state index contributed by atoms with van der Waals surface area (Å²) in [6, 6.07) is 6.52. The van der Waals surface area contributed by atoms with Crippen LogP contribution in [0.3, 0.4) is 0 Å². The summed E-state index contributed by atoms with van der Waals surface area (Å²) in [5, 5.41) is 4.33. The van der Waals surface area contributed by atoms with E-state index in [4.69, 9.17) is 11.6 Å². The van der Waals surface area contributed by atoms with Crippen molar-refractivity contribution in [3.63, 3.8) is 0 Å². The van der Waals surface area contributed by atoms with Crippen LogP contribution in [-0.4, -0.2) is 6.54 Å². The fourth-order valence-electron chi connectivity index (χ4n) is 1.66. The number of hydrogen-bond acceptors (Lipinski definition) is 1. The highest BCUT2D eigenvalue weighted by Crippen LogP contribution is 2.23. The number of halogens is 1. The molecule has 1 aromatic carbocycles. The van der Waals surface area contributed by atoms with E-state index in [1.807, 2.05) is 19.9 Å². The van der Waals surface area contributed by atoms with Gasteiger partial charge < -0.3 is 5.32 Å². The summed E-state index contributed by atoms with van der Waals surface area (Å²) >= 11 is 6.16. The van der Waals surface area contributed by atoms with E-state index in [1.54, 1.807) is 0 Å². The van der Waals surface area contributed by atoms with Gasteiger partial charge in [-0.25, -0.2) is 0 Å². The molecule has 0 bridgehead atoms. The van der Waals surface area contributed by atoms with E-state index in [-0.39, 0.29) is 6.04 Å². The summed E-state index contributed by atoms with van der Waals surface area (Å²) in [6.45, 7) is 7.06. The smallest absolute Gasteiger partial charge is 0.0438 e. The maximum Gasteiger partial charge on any atom is 0.0438 e. The molecule has 1 N–H and O–H groups in total. The Kier molecular flexibility index (Phi) is 6.11. The molecule has 0 aliphatic carbocycles. The van der Waals surface area contributed by atoms with Crippen molar-refractivity contribution in [1.29, 1.82) is 0 Å². The van der Waals surface area contributed by atoms with Gasteiger partial charge in [0.15, 0.2) is 0 Å². The van der Waals surface area contributed by atoms with E-state index >= 15 is 0 Å². The first-order chi connectivity index (χ1) is 8.19. The molecule has 0 aliphatic heterocycles. The standard InChI is InChI=1S/C15H20ClN/c1-4-6-7-15(17-10-5-2)13-9-8-12(3)14(16)11-13/h8-9,11,15,17H,5,7,10H2,1-3H3. The molecule has 1 nitrogen and oxygen atoms in total. The highest BCUT2D eigenvalue weighted by molar-refractivity contribution is 6.31. The van der Waals surface area contributed by atoms with Gasteiger partial charge in [-0.3, -0.25) is 0 Å². The molecule has 2 heteroatoms. The zero-order chi connectivity index (χ0) is 12.7. The van der Waals surface area contributed by atoms with Crippen LogP contribution in [0.4, 0.5) is 0 Å². The molecule has 0 heterocycles. The van der Waals surface area contributed by atoms with Gasteiger partial charge in [-0.2, -0.15) is 0 Å². The largest absolute Gasteiger partial charge is 0.309 e. The van der Waals surface area contributed by atoms with Gasteiger partial charge in [-0.15, -0.1) is 11.8 Å². The van der Waals surface area contributed by atoms with E-state index < -0.39 is 0 Å². The number of hydrogen-bond donors (Lipinski definition) is 1. The van der Waals surface area contributed by atoms with Gasteiger partial charge in [0.2, 0.25) is 0 Å². The van der Waals surface area contributed by atoms with Crippen LogP contribution in [-0.2, 0) is 0 Å². The average molecular weight is 250 g/mol. The Morgan fingerprint density at radius 1 is 1.41 bits per heavy atom. The SMILES string of the molecule is CC#CCC(NCCC)c1ccc(C)c(Cl)c1. The summed E-state index contributed by atoms with van der Waals surface area (Å²) in [6.07, 6.45) is 1.95. The summed E-state index contributed by atoms with van der Waals surface area (Å²) in [5.41, 5.74) is 2.34. The molecule has 0 aliphatic rings. The van der Waals surface area contributed by atoms with Crippen LogP contribution < -0.4 is 5.32 Å². The lowest BCUT2D eigenvalue weighted by atomic mass is 10.0. The van der Waals surface area contributed by atoms with Crippen molar-refractivity contribution in [1.82, 2.24) is 5.32 Å². The molecule has 0 amide bonds. The summed E-state index contributed by atoms with van der Waals surface area (Å²) in [7, 11) is 0. The van der Waals surface area contributed by atoms with Crippen LogP contribution in [0.15, 0.2) is 18.2 Å². The van der Waals surface area contributed by atoms with E-state index in [2.05, 4.69) is 36.2 Å². The minimum absolute atomic E-state index is 0.278. The predicted molar refractivity (Wildman–Crippen MR) is 75.3 cm³/mol. The first-order valence-corrected chi connectivity index (χ1v) is 6.45. The van der Waals surface area contributed by atoms with Crippen LogP contribution >= 0.6 is 11.6 Å². The average Bonchev–Trinajstić information content (AvgIpc) is 2.33. The molecule has 0 fully saturated rings. The Labute approximate surface area is 110 Å². The molecule has 0 aromatic heterocycles. The quantitative estimate of drug-likeness (QED) is 0.775. The molecule has 1 aromatic rings. The van der Waals surface area contributed by atoms with E-state index in [0.717, 1.165) is 30.0 Å². The first kappa shape index (κ1) is 14.1. The van der Waals surface area contributed by atoms with Gasteiger partial charge >= 0.3 is 0 Å². The third kappa shape index (κ3) is 4.42. The van der Waals surface area contributed by atoms with E-state index in [1.165, 1.54) is 5.56 Å². The molecular weight excluding hydrogens is 230 g/mol. The highest BCUT2D eigenvalue weighted by Gasteiger charge is 2.10. The minimum atomic E-state index is 0.278. The van der Waals surface area contributed by atoms with Crippen molar-refractivity contribution in [2.75, 3.05) is 6.54 Å². The Hall–Kier alpha value is -0.970. The topological polar surface area (TPSA) is 12.0 Å². The highest BCUT2D eigenvalue weighted by atomic mass is 35.5. The second-order valence-corrected chi connectivity index (χ2v) is 4.55. The number of rotatable bonds is 5. The molecular formula is C15H20ClN. The summed E-state index contributed by atoms with van der Waals surface area (Å²) in [4.78, 5) is 0. The third-order valence-corrected chi connectivity index (χ3v) is 3.13. The lowest BCUT2D eigenvalue weighted by Gasteiger charge is -2.17. The van der Waals surface area contributed by atoms with Crippen molar-refractivity contribution in [3.8, 4) is 11.8 Å². The lowest BCUT2D eigenvalue weighted by molar-refractivity contribution is 0.542. The number of benzene rings is 1. The Morgan fingerprint density at radius 3 is 2.76 bits per heavy atom. The molecule has 0 saturated heterocycles. The molecule has 92 valence electrons. The Morgan fingerprint density at radius 2 is 2.18 bits per heavy atom. The second kappa shape index (κ2) is 7.37. The van der Waals surface area contributed by atoms with Crippen LogP contribution in [0.5, 0.6) is 0 Å². The first-order valence-electron chi connectivity index (χ1n) is 6.08. The normalized spacial score (nSPS) is 11.8. The van der Waals surface area contributed by atoms with Crippen molar-refractivity contribution in [2.45, 2.75) is 39.7 Å². The van der Waals surface area contributed by atoms with Gasteiger partial charge in [0.1, 0.15) is 0 Å². The summed E-state index contributed by atoms with van der Waals surface area (Å²) in [5.74, 6) is 6.08. The van der Waals surface area contributed by atoms with Crippen LogP contribution in [0.1, 0.15) is 43.9 Å². The third-order valence-electron chi connectivity index (χ3n) is 2.72. The number of nitrogens with one attached hydrogen (secondary N) is 1. The van der Waals surface area contributed by atoms with Crippen molar-refractivity contribution in [3.05, 3.63) is 34.3 Å². The van der Waals surface area contributed by atoms with Crippen molar-refractivity contribution >= 4 is 11.6 Å². The van der Waals surface area contributed by atoms with Gasteiger partial charge in [-0.05, 0) is 44.0 Å². The predicted octanol–water partition coefficient (Wildman–Crippen LogP) is 4.10. The summed E-state index contributed by atoms with van der Waals surface area (Å²) < 4.78 is 0. The Bertz CT molecular complexity index is 415. The lowest BCUT2D eigenvalue weighted by Crippen LogP contribution is -2.21. The van der Waals surface area contributed by atoms with E-state index in [0.29, 0.717) is 0 Å². The van der Waals surface area contributed by atoms with Crippen molar-refractivity contribution in [2.24, 2.45) is 0 Å². The molecule has 1 rings (SSSR count). The van der Waals surface area contributed by atoms with Gasteiger partial charge in [0.05, 0.1) is 0 Å². The molecule has 0 saturated carbocycles. The molecule has 1 atom stereocenters. The second-order valence-electron chi connectivity index (χ2n) is 4.15. The zero-order valence-electron chi connectivity index (χ0n) is 10.8.